The topological polar surface area (TPSA) is 61.4 Å². The van der Waals surface area contributed by atoms with Gasteiger partial charge in [-0.1, -0.05) is 6.07 Å². The zero-order valence-corrected chi connectivity index (χ0v) is 7.74. The van der Waals surface area contributed by atoms with Crippen LogP contribution in [0.25, 0.3) is 0 Å². The number of carboxylic acid groups (broad SMARTS) is 1. The van der Waals surface area contributed by atoms with Crippen molar-refractivity contribution in [3.05, 3.63) is 23.8 Å². The molecule has 0 saturated heterocycles. The van der Waals surface area contributed by atoms with Crippen LogP contribution >= 0.6 is 0 Å². The maximum absolute atomic E-state index is 10.6. The van der Waals surface area contributed by atoms with Crippen LogP contribution in [0.5, 0.6) is 5.75 Å². The molecule has 2 rings (SSSR count). The minimum Gasteiger partial charge on any atom is -0.546 e. The summed E-state index contributed by atoms with van der Waals surface area (Å²) in [6.45, 7) is 2.21. The Morgan fingerprint density at radius 2 is 2.43 bits per heavy atom. The number of anilines is 1. The lowest BCUT2D eigenvalue weighted by Gasteiger charge is -2.28. The molecule has 1 unspecified atom stereocenters. The summed E-state index contributed by atoms with van der Waals surface area (Å²) in [5.41, 5.74) is 1.94. The Labute approximate surface area is 81.5 Å². The highest BCUT2D eigenvalue weighted by atomic mass is 16.5. The average Bonchev–Trinajstić information content (AvgIpc) is 2.16. The van der Waals surface area contributed by atoms with Gasteiger partial charge in [0, 0.05) is 0 Å². The first-order valence-electron chi connectivity index (χ1n) is 4.39. The van der Waals surface area contributed by atoms with Crippen LogP contribution in [0.15, 0.2) is 18.2 Å². The molecule has 0 radical (unpaired) electrons. The van der Waals surface area contributed by atoms with Crippen molar-refractivity contribution in [1.82, 2.24) is 0 Å². The Kier molecular flexibility index (Phi) is 2.04. The molecular weight excluding hydrogens is 182 g/mol. The molecule has 0 amide bonds. The summed E-state index contributed by atoms with van der Waals surface area (Å²) in [4.78, 5) is 10.6. The molecule has 1 N–H and O–H groups in total. The summed E-state index contributed by atoms with van der Waals surface area (Å²) in [5.74, 6) is -0.625. The Bertz CT molecular complexity index is 376. The first-order valence-corrected chi connectivity index (χ1v) is 4.39. The third-order valence-corrected chi connectivity index (χ3v) is 2.15. The lowest BCUT2D eigenvalue weighted by molar-refractivity contribution is -0.313. The first-order chi connectivity index (χ1) is 6.66. The van der Waals surface area contributed by atoms with Crippen LogP contribution in [0.3, 0.4) is 0 Å². The van der Waals surface area contributed by atoms with Gasteiger partial charge in [0.15, 0.2) is 6.10 Å². The van der Waals surface area contributed by atoms with Crippen molar-refractivity contribution in [2.75, 3.05) is 11.9 Å². The number of rotatable bonds is 1. The van der Waals surface area contributed by atoms with E-state index in [9.17, 15) is 9.90 Å². The number of hydrogen-bond acceptors (Lipinski definition) is 4. The first kappa shape index (κ1) is 8.87. The second-order valence-electron chi connectivity index (χ2n) is 3.31. The molecule has 0 aromatic heterocycles. The summed E-state index contributed by atoms with van der Waals surface area (Å²) < 4.78 is 5.22. The van der Waals surface area contributed by atoms with E-state index < -0.39 is 12.1 Å². The van der Waals surface area contributed by atoms with Crippen molar-refractivity contribution in [2.24, 2.45) is 0 Å². The van der Waals surface area contributed by atoms with Crippen molar-refractivity contribution < 1.29 is 14.6 Å². The van der Waals surface area contributed by atoms with Gasteiger partial charge in [0.05, 0.1) is 18.2 Å². The van der Waals surface area contributed by atoms with Crippen molar-refractivity contribution in [3.63, 3.8) is 0 Å². The van der Waals surface area contributed by atoms with Crippen LogP contribution in [0.4, 0.5) is 5.69 Å². The molecule has 0 fully saturated rings. The quantitative estimate of drug-likeness (QED) is 0.676. The maximum Gasteiger partial charge on any atom is 0.155 e. The highest BCUT2D eigenvalue weighted by Crippen LogP contribution is 2.29. The number of carbonyl (C=O) groups excluding carboxylic acids is 1. The SMILES string of the molecule is Cc1ccc2c(c1)NCC(C(=O)[O-])O2. The van der Waals surface area contributed by atoms with Crippen molar-refractivity contribution >= 4 is 11.7 Å². The van der Waals surface area contributed by atoms with E-state index in [2.05, 4.69) is 5.32 Å². The fourth-order valence-corrected chi connectivity index (χ4v) is 1.41. The predicted octanol–water partition coefficient (Wildman–Crippen LogP) is -0.0822. The van der Waals surface area contributed by atoms with Gasteiger partial charge < -0.3 is 20.0 Å². The van der Waals surface area contributed by atoms with Gasteiger partial charge in [-0.25, -0.2) is 0 Å². The summed E-state index contributed by atoms with van der Waals surface area (Å²) in [6, 6.07) is 5.55. The summed E-state index contributed by atoms with van der Waals surface area (Å²) >= 11 is 0. The van der Waals surface area contributed by atoms with Crippen molar-refractivity contribution in [1.29, 1.82) is 0 Å². The number of aryl methyl sites for hydroxylation is 1. The lowest BCUT2D eigenvalue weighted by atomic mass is 10.1. The fraction of sp³-hybridized carbons (Fsp3) is 0.300. The molecule has 1 aromatic rings. The molecule has 74 valence electrons. The van der Waals surface area contributed by atoms with Crippen LogP contribution in [0, 0.1) is 6.92 Å². The van der Waals surface area contributed by atoms with Gasteiger partial charge in [-0.05, 0) is 24.6 Å². The molecular formula is C10H10NO3-. The Balaban J connectivity index is 2.27. The molecule has 4 nitrogen and oxygen atoms in total. The summed E-state index contributed by atoms with van der Waals surface area (Å²) in [5, 5.41) is 13.5. The number of nitrogens with one attached hydrogen (secondary N) is 1. The normalized spacial score (nSPS) is 19.1. The van der Waals surface area contributed by atoms with Crippen molar-refractivity contribution in [3.8, 4) is 5.75 Å². The van der Waals surface area contributed by atoms with Gasteiger partial charge in [0.25, 0.3) is 0 Å². The van der Waals surface area contributed by atoms with E-state index in [-0.39, 0.29) is 6.54 Å². The number of ether oxygens (including phenoxy) is 1. The molecule has 1 aliphatic rings. The Morgan fingerprint density at radius 1 is 1.64 bits per heavy atom. The zero-order valence-electron chi connectivity index (χ0n) is 7.74. The minimum atomic E-state index is -1.19. The molecule has 0 saturated carbocycles. The minimum absolute atomic E-state index is 0.249. The van der Waals surface area contributed by atoms with Gasteiger partial charge >= 0.3 is 0 Å². The highest BCUT2D eigenvalue weighted by Gasteiger charge is 2.19. The predicted molar refractivity (Wildman–Crippen MR) is 49.1 cm³/mol. The maximum atomic E-state index is 10.6. The second kappa shape index (κ2) is 3.21. The summed E-state index contributed by atoms with van der Waals surface area (Å²) in [6.07, 6.45) is -0.898. The number of carbonyl (C=O) groups is 1. The monoisotopic (exact) mass is 192 g/mol. The van der Waals surface area contributed by atoms with Gasteiger partial charge in [-0.15, -0.1) is 0 Å². The smallest absolute Gasteiger partial charge is 0.155 e. The molecule has 4 heteroatoms. The number of aliphatic carboxylic acids is 1. The van der Waals surface area contributed by atoms with E-state index in [1.165, 1.54) is 0 Å². The number of hydrogen-bond donors (Lipinski definition) is 1. The third-order valence-electron chi connectivity index (χ3n) is 2.15. The van der Waals surface area contributed by atoms with E-state index in [4.69, 9.17) is 4.74 Å². The average molecular weight is 192 g/mol. The molecule has 1 aliphatic heterocycles. The van der Waals surface area contributed by atoms with Crippen LogP contribution < -0.4 is 15.2 Å². The standard InChI is InChI=1S/C10H11NO3/c1-6-2-3-8-7(4-6)11-5-9(14-8)10(12)13/h2-4,9,11H,5H2,1H3,(H,12,13)/p-1. The van der Waals surface area contributed by atoms with E-state index in [0.717, 1.165) is 11.3 Å². The van der Waals surface area contributed by atoms with Crippen LogP contribution in [0.2, 0.25) is 0 Å². The number of carboxylic acids is 1. The molecule has 0 spiro atoms. The van der Waals surface area contributed by atoms with E-state index in [0.29, 0.717) is 5.75 Å². The van der Waals surface area contributed by atoms with E-state index in [1.807, 2.05) is 19.1 Å². The third kappa shape index (κ3) is 1.51. The van der Waals surface area contributed by atoms with E-state index in [1.54, 1.807) is 6.07 Å². The second-order valence-corrected chi connectivity index (χ2v) is 3.31. The molecule has 14 heavy (non-hydrogen) atoms. The molecule has 1 aromatic carbocycles. The van der Waals surface area contributed by atoms with Crippen molar-refractivity contribution in [2.45, 2.75) is 13.0 Å². The van der Waals surface area contributed by atoms with Gasteiger partial charge in [0.1, 0.15) is 5.75 Å². The largest absolute Gasteiger partial charge is 0.546 e. The Hall–Kier alpha value is -1.71. The summed E-state index contributed by atoms with van der Waals surface area (Å²) in [7, 11) is 0. The van der Waals surface area contributed by atoms with Crippen LogP contribution in [-0.4, -0.2) is 18.6 Å². The molecule has 0 aliphatic carbocycles. The zero-order chi connectivity index (χ0) is 10.1. The van der Waals surface area contributed by atoms with Gasteiger partial charge in [-0.3, -0.25) is 0 Å². The molecule has 0 bridgehead atoms. The molecule has 1 heterocycles. The number of fused-ring (bicyclic) bond motifs is 1. The highest BCUT2D eigenvalue weighted by molar-refractivity contribution is 5.74. The van der Waals surface area contributed by atoms with Gasteiger partial charge in [-0.2, -0.15) is 0 Å². The number of benzene rings is 1. The lowest BCUT2D eigenvalue weighted by Crippen LogP contribution is -2.45. The van der Waals surface area contributed by atoms with Crippen LogP contribution in [-0.2, 0) is 4.79 Å². The fourth-order valence-electron chi connectivity index (χ4n) is 1.41. The Morgan fingerprint density at radius 3 is 3.14 bits per heavy atom. The van der Waals surface area contributed by atoms with E-state index >= 15 is 0 Å². The van der Waals surface area contributed by atoms with Gasteiger partial charge in [0.2, 0.25) is 0 Å². The van der Waals surface area contributed by atoms with Crippen LogP contribution in [0.1, 0.15) is 5.56 Å². The molecule has 1 atom stereocenters.